The SMILES string of the molecule is Cc1ccc(OCCCCO)c([C@H](C)N)c1. The van der Waals surface area contributed by atoms with Crippen LogP contribution >= 0.6 is 0 Å². The normalized spacial score (nSPS) is 12.5. The fourth-order valence-electron chi connectivity index (χ4n) is 1.55. The van der Waals surface area contributed by atoms with Crippen LogP contribution in [0.5, 0.6) is 5.75 Å². The van der Waals surface area contributed by atoms with Crippen LogP contribution in [-0.4, -0.2) is 18.3 Å². The second-order valence-electron chi connectivity index (χ2n) is 4.11. The molecule has 3 nitrogen and oxygen atoms in total. The van der Waals surface area contributed by atoms with E-state index in [-0.39, 0.29) is 12.6 Å². The van der Waals surface area contributed by atoms with E-state index in [0.717, 1.165) is 24.2 Å². The van der Waals surface area contributed by atoms with Crippen molar-refractivity contribution in [2.24, 2.45) is 5.73 Å². The first-order valence-corrected chi connectivity index (χ1v) is 5.75. The second kappa shape index (κ2) is 6.51. The summed E-state index contributed by atoms with van der Waals surface area (Å²) in [6.45, 7) is 4.84. The molecule has 0 spiro atoms. The van der Waals surface area contributed by atoms with E-state index in [1.165, 1.54) is 5.56 Å². The Morgan fingerprint density at radius 1 is 1.38 bits per heavy atom. The van der Waals surface area contributed by atoms with Gasteiger partial charge in [-0.25, -0.2) is 0 Å². The fourth-order valence-corrected chi connectivity index (χ4v) is 1.55. The highest BCUT2D eigenvalue weighted by molar-refractivity contribution is 5.38. The minimum absolute atomic E-state index is 0.0206. The third-order valence-electron chi connectivity index (χ3n) is 2.47. The molecule has 0 radical (unpaired) electrons. The van der Waals surface area contributed by atoms with E-state index in [1.807, 2.05) is 26.0 Å². The van der Waals surface area contributed by atoms with E-state index < -0.39 is 0 Å². The Balaban J connectivity index is 2.64. The maximum atomic E-state index is 8.67. The number of benzene rings is 1. The first-order chi connectivity index (χ1) is 7.65. The molecule has 0 fully saturated rings. The molecule has 0 aliphatic rings. The molecule has 0 heterocycles. The van der Waals surface area contributed by atoms with Crippen LogP contribution in [0.3, 0.4) is 0 Å². The van der Waals surface area contributed by atoms with Crippen molar-refractivity contribution >= 4 is 0 Å². The number of aryl methyl sites for hydroxylation is 1. The molecule has 3 N–H and O–H groups in total. The number of aliphatic hydroxyl groups is 1. The Morgan fingerprint density at radius 3 is 2.75 bits per heavy atom. The Labute approximate surface area is 97.2 Å². The van der Waals surface area contributed by atoms with Crippen LogP contribution in [0, 0.1) is 6.92 Å². The van der Waals surface area contributed by atoms with E-state index in [1.54, 1.807) is 0 Å². The standard InChI is InChI=1S/C13H21NO2/c1-10-5-6-13(12(9-10)11(2)14)16-8-4-3-7-15/h5-6,9,11,15H,3-4,7-8,14H2,1-2H3/t11-/m0/s1. The summed E-state index contributed by atoms with van der Waals surface area (Å²) in [5.74, 6) is 0.860. The lowest BCUT2D eigenvalue weighted by Crippen LogP contribution is -2.09. The molecule has 0 saturated heterocycles. The molecule has 0 unspecified atom stereocenters. The van der Waals surface area contributed by atoms with Gasteiger partial charge in [-0.15, -0.1) is 0 Å². The van der Waals surface area contributed by atoms with Crippen molar-refractivity contribution in [1.82, 2.24) is 0 Å². The van der Waals surface area contributed by atoms with Crippen LogP contribution < -0.4 is 10.5 Å². The molecule has 16 heavy (non-hydrogen) atoms. The summed E-state index contributed by atoms with van der Waals surface area (Å²) in [6.07, 6.45) is 1.64. The van der Waals surface area contributed by atoms with Gasteiger partial charge in [-0.2, -0.15) is 0 Å². The van der Waals surface area contributed by atoms with Crippen molar-refractivity contribution in [3.05, 3.63) is 29.3 Å². The number of aliphatic hydroxyl groups excluding tert-OH is 1. The van der Waals surface area contributed by atoms with Crippen molar-refractivity contribution < 1.29 is 9.84 Å². The van der Waals surface area contributed by atoms with E-state index in [2.05, 4.69) is 6.07 Å². The number of hydrogen-bond acceptors (Lipinski definition) is 3. The van der Waals surface area contributed by atoms with Crippen LogP contribution in [-0.2, 0) is 0 Å². The van der Waals surface area contributed by atoms with Crippen molar-refractivity contribution in [2.75, 3.05) is 13.2 Å². The average Bonchev–Trinajstić information content (AvgIpc) is 2.26. The highest BCUT2D eigenvalue weighted by Crippen LogP contribution is 2.25. The molecule has 1 aromatic carbocycles. The van der Waals surface area contributed by atoms with Gasteiger partial charge in [0.05, 0.1) is 6.61 Å². The number of ether oxygens (including phenoxy) is 1. The van der Waals surface area contributed by atoms with E-state index >= 15 is 0 Å². The zero-order valence-electron chi connectivity index (χ0n) is 10.1. The average molecular weight is 223 g/mol. The van der Waals surface area contributed by atoms with Gasteiger partial charge < -0.3 is 15.6 Å². The molecule has 1 aromatic rings. The van der Waals surface area contributed by atoms with Gasteiger partial charge >= 0.3 is 0 Å². The van der Waals surface area contributed by atoms with Gasteiger partial charge in [-0.1, -0.05) is 17.7 Å². The van der Waals surface area contributed by atoms with Crippen LogP contribution in [0.15, 0.2) is 18.2 Å². The molecule has 0 aliphatic heterocycles. The molecule has 0 amide bonds. The third-order valence-corrected chi connectivity index (χ3v) is 2.47. The maximum Gasteiger partial charge on any atom is 0.124 e. The Bertz CT molecular complexity index is 324. The van der Waals surface area contributed by atoms with Gasteiger partial charge in [-0.3, -0.25) is 0 Å². The maximum absolute atomic E-state index is 8.67. The molecule has 0 aliphatic carbocycles. The van der Waals surface area contributed by atoms with Crippen molar-refractivity contribution in [3.63, 3.8) is 0 Å². The monoisotopic (exact) mass is 223 g/mol. The van der Waals surface area contributed by atoms with Gasteiger partial charge in [0.15, 0.2) is 0 Å². The first-order valence-electron chi connectivity index (χ1n) is 5.75. The summed E-state index contributed by atoms with van der Waals surface area (Å²) in [5.41, 5.74) is 8.13. The van der Waals surface area contributed by atoms with E-state index in [0.29, 0.717) is 6.61 Å². The predicted octanol–water partition coefficient (Wildman–Crippen LogP) is 2.17. The topological polar surface area (TPSA) is 55.5 Å². The molecular weight excluding hydrogens is 202 g/mol. The van der Waals surface area contributed by atoms with Gasteiger partial charge in [0.2, 0.25) is 0 Å². The quantitative estimate of drug-likeness (QED) is 0.727. The number of rotatable bonds is 6. The van der Waals surface area contributed by atoms with Crippen LogP contribution in [0.2, 0.25) is 0 Å². The third kappa shape index (κ3) is 3.83. The lowest BCUT2D eigenvalue weighted by Gasteiger charge is -2.14. The molecule has 1 rings (SSSR count). The molecule has 0 bridgehead atoms. The van der Waals surface area contributed by atoms with E-state index in [4.69, 9.17) is 15.6 Å². The van der Waals surface area contributed by atoms with Crippen molar-refractivity contribution in [3.8, 4) is 5.75 Å². The molecular formula is C13H21NO2. The van der Waals surface area contributed by atoms with E-state index in [9.17, 15) is 0 Å². The summed E-state index contributed by atoms with van der Waals surface area (Å²) in [7, 11) is 0. The zero-order chi connectivity index (χ0) is 12.0. The largest absolute Gasteiger partial charge is 0.493 e. The Hall–Kier alpha value is -1.06. The summed E-state index contributed by atoms with van der Waals surface area (Å²) in [4.78, 5) is 0. The predicted molar refractivity (Wildman–Crippen MR) is 65.6 cm³/mol. The molecule has 90 valence electrons. The highest BCUT2D eigenvalue weighted by atomic mass is 16.5. The minimum atomic E-state index is -0.0206. The van der Waals surface area contributed by atoms with Gasteiger partial charge in [0.1, 0.15) is 5.75 Å². The summed E-state index contributed by atoms with van der Waals surface area (Å²) in [6, 6.07) is 6.03. The van der Waals surface area contributed by atoms with Gasteiger partial charge in [0, 0.05) is 18.2 Å². The first kappa shape index (κ1) is 13.0. The summed E-state index contributed by atoms with van der Waals surface area (Å²) >= 11 is 0. The highest BCUT2D eigenvalue weighted by Gasteiger charge is 2.07. The van der Waals surface area contributed by atoms with Crippen LogP contribution in [0.4, 0.5) is 0 Å². The Morgan fingerprint density at radius 2 is 2.12 bits per heavy atom. The van der Waals surface area contributed by atoms with Crippen molar-refractivity contribution in [1.29, 1.82) is 0 Å². The fraction of sp³-hybridized carbons (Fsp3) is 0.538. The lowest BCUT2D eigenvalue weighted by atomic mass is 10.1. The lowest BCUT2D eigenvalue weighted by molar-refractivity contribution is 0.252. The zero-order valence-corrected chi connectivity index (χ0v) is 10.1. The number of unbranched alkanes of at least 4 members (excludes halogenated alkanes) is 1. The molecule has 0 aromatic heterocycles. The molecule has 3 heteroatoms. The van der Waals surface area contributed by atoms with Crippen molar-refractivity contribution in [2.45, 2.75) is 32.7 Å². The smallest absolute Gasteiger partial charge is 0.124 e. The Kier molecular flexibility index (Phi) is 5.29. The number of hydrogen-bond donors (Lipinski definition) is 2. The molecule has 0 saturated carbocycles. The second-order valence-corrected chi connectivity index (χ2v) is 4.11. The minimum Gasteiger partial charge on any atom is -0.493 e. The summed E-state index contributed by atoms with van der Waals surface area (Å²) in [5, 5.41) is 8.67. The number of nitrogens with two attached hydrogens (primary N) is 1. The van der Waals surface area contributed by atoms with Crippen LogP contribution in [0.25, 0.3) is 0 Å². The van der Waals surface area contributed by atoms with Gasteiger partial charge in [-0.05, 0) is 32.8 Å². The van der Waals surface area contributed by atoms with Crippen LogP contribution in [0.1, 0.15) is 36.9 Å². The summed E-state index contributed by atoms with van der Waals surface area (Å²) < 4.78 is 5.66. The molecule has 1 atom stereocenters. The van der Waals surface area contributed by atoms with Gasteiger partial charge in [0.25, 0.3) is 0 Å².